The van der Waals surface area contributed by atoms with Crippen LogP contribution >= 0.6 is 11.3 Å². The Hall–Kier alpha value is -4.36. The first-order valence-corrected chi connectivity index (χ1v) is 19.9. The van der Waals surface area contributed by atoms with Gasteiger partial charge in [-0.15, -0.1) is 11.3 Å². The van der Waals surface area contributed by atoms with Gasteiger partial charge in [-0.05, 0) is 91.6 Å². The predicted octanol–water partition coefficient (Wildman–Crippen LogP) is 2.24. The van der Waals surface area contributed by atoms with Crippen molar-refractivity contribution in [2.24, 2.45) is 0 Å². The predicted molar refractivity (Wildman–Crippen MR) is 204 cm³/mol. The molecule has 55 heavy (non-hydrogen) atoms. The van der Waals surface area contributed by atoms with Gasteiger partial charge in [-0.2, -0.15) is 4.31 Å². The summed E-state index contributed by atoms with van der Waals surface area (Å²) in [7, 11) is -1.82. The van der Waals surface area contributed by atoms with Gasteiger partial charge in [0.1, 0.15) is 18.3 Å². The Bertz CT molecular complexity index is 2090. The summed E-state index contributed by atoms with van der Waals surface area (Å²) in [5.41, 5.74) is 6.50. The molecule has 1 heterocycles. The Labute approximate surface area is 323 Å². The highest BCUT2D eigenvalue weighted by Gasteiger charge is 2.34. The molecule has 0 bridgehead atoms. The molecule has 2 amide bonds. The molecule has 0 fully saturated rings. The lowest BCUT2D eigenvalue weighted by Gasteiger charge is -2.28. The molecule has 0 saturated carbocycles. The number of hydrogen-bond acceptors (Lipinski definition) is 12. The van der Waals surface area contributed by atoms with E-state index in [9.17, 15) is 43.2 Å². The molecule has 0 unspecified atom stereocenters. The van der Waals surface area contributed by atoms with Crippen molar-refractivity contribution in [2.75, 3.05) is 32.6 Å². The summed E-state index contributed by atoms with van der Waals surface area (Å²) in [5, 5.41) is 52.0. The van der Waals surface area contributed by atoms with Crippen LogP contribution in [0.15, 0.2) is 77.7 Å². The Balaban J connectivity index is 1.30. The molecule has 7 N–H and O–H groups in total. The second-order valence-electron chi connectivity index (χ2n) is 13.3. The highest BCUT2D eigenvalue weighted by atomic mass is 32.2. The van der Waals surface area contributed by atoms with Gasteiger partial charge in [0.25, 0.3) is 11.8 Å². The summed E-state index contributed by atoms with van der Waals surface area (Å²) < 4.78 is 27.7. The van der Waals surface area contributed by atoms with Gasteiger partial charge in [-0.1, -0.05) is 36.4 Å². The number of fused-ring (bicyclic) bond motifs is 1. The SMILES string of the molecule is CONC(=O)c1ccc(CCc2ccc(NC(=O)c3c(C(=O)c4cccc(S(=O)(=O)N(C)C[C@H](O)[C@@H](O)[C@H](O)[C@H](O)CO)c4)sc4c3CCCC4)cc2)cc1. The van der Waals surface area contributed by atoms with Crippen molar-refractivity contribution in [1.82, 2.24) is 9.79 Å². The molecule has 0 spiro atoms. The van der Waals surface area contributed by atoms with E-state index in [1.54, 1.807) is 24.3 Å². The number of nitrogens with zero attached hydrogens (tertiary/aromatic N) is 1. The molecular formula is C39H45N3O11S2. The summed E-state index contributed by atoms with van der Waals surface area (Å²) in [4.78, 5) is 45.4. The number of aliphatic hydroxyl groups is 5. The zero-order chi connectivity index (χ0) is 39.9. The number of carbonyl (C=O) groups is 3. The van der Waals surface area contributed by atoms with Crippen LogP contribution in [0.4, 0.5) is 5.69 Å². The van der Waals surface area contributed by atoms with Gasteiger partial charge in [-0.25, -0.2) is 13.9 Å². The molecule has 1 aliphatic rings. The van der Waals surface area contributed by atoms with Gasteiger partial charge in [0, 0.05) is 35.3 Å². The summed E-state index contributed by atoms with van der Waals surface area (Å²) in [6.45, 7) is -1.56. The third-order valence-corrected chi connectivity index (χ3v) is 12.6. The van der Waals surface area contributed by atoms with Gasteiger partial charge in [0.2, 0.25) is 15.8 Å². The number of amides is 2. The Morgan fingerprint density at radius 2 is 1.45 bits per heavy atom. The molecule has 4 aromatic rings. The van der Waals surface area contributed by atoms with Crippen LogP contribution in [0.2, 0.25) is 0 Å². The number of carbonyl (C=O) groups excluding carboxylic acids is 3. The third-order valence-electron chi connectivity index (χ3n) is 9.50. The molecule has 16 heteroatoms. The molecule has 0 saturated heterocycles. The smallest absolute Gasteiger partial charge is 0.274 e. The van der Waals surface area contributed by atoms with Crippen molar-refractivity contribution < 1.29 is 53.2 Å². The zero-order valence-corrected chi connectivity index (χ0v) is 32.0. The highest BCUT2D eigenvalue weighted by molar-refractivity contribution is 7.89. The second kappa shape index (κ2) is 18.5. The first kappa shape index (κ1) is 41.8. The van der Waals surface area contributed by atoms with E-state index in [-0.39, 0.29) is 26.8 Å². The molecule has 5 rings (SSSR count). The van der Waals surface area contributed by atoms with Crippen molar-refractivity contribution in [3.8, 4) is 0 Å². The van der Waals surface area contributed by atoms with E-state index < -0.39 is 59.3 Å². The number of aliphatic hydroxyl groups excluding tert-OH is 5. The van der Waals surface area contributed by atoms with E-state index in [1.807, 2.05) is 24.3 Å². The number of nitrogens with one attached hydrogen (secondary N) is 2. The van der Waals surface area contributed by atoms with Crippen molar-refractivity contribution in [3.05, 3.63) is 116 Å². The van der Waals surface area contributed by atoms with Gasteiger partial charge >= 0.3 is 0 Å². The maximum Gasteiger partial charge on any atom is 0.274 e. The minimum Gasteiger partial charge on any atom is -0.394 e. The third kappa shape index (κ3) is 9.91. The maximum absolute atomic E-state index is 14.1. The van der Waals surface area contributed by atoms with E-state index in [2.05, 4.69) is 15.6 Å². The van der Waals surface area contributed by atoms with Gasteiger partial charge in [0.05, 0.1) is 35.2 Å². The molecule has 14 nitrogen and oxygen atoms in total. The first-order valence-electron chi connectivity index (χ1n) is 17.7. The number of sulfonamides is 1. The zero-order valence-electron chi connectivity index (χ0n) is 30.3. The first-order chi connectivity index (χ1) is 26.2. The number of likely N-dealkylation sites (N-methyl/N-ethyl adjacent to an activating group) is 1. The van der Waals surface area contributed by atoms with Crippen LogP contribution in [0, 0.1) is 0 Å². The lowest BCUT2D eigenvalue weighted by atomic mass is 9.93. The summed E-state index contributed by atoms with van der Waals surface area (Å²) in [6.07, 6.45) is -2.92. The van der Waals surface area contributed by atoms with Gasteiger partial charge in [-0.3, -0.25) is 19.2 Å². The summed E-state index contributed by atoms with van der Waals surface area (Å²) in [6, 6.07) is 19.9. The average molecular weight is 796 g/mol. The van der Waals surface area contributed by atoms with Crippen LogP contribution in [0.5, 0.6) is 0 Å². The van der Waals surface area contributed by atoms with Crippen LogP contribution < -0.4 is 10.8 Å². The number of rotatable bonds is 17. The normalized spacial score (nSPS) is 15.1. The fourth-order valence-corrected chi connectivity index (χ4v) is 8.90. The standard InChI is InChI=1S/C39H45N3O11S2/c1-42(21-30(44)35(47)36(48)31(45)22-43)55(51,52)28-7-5-6-26(20-28)34(46)37-33(29-8-3-4-9-32(29)54-37)39(50)40-27-18-14-24(15-19-27)11-10-23-12-16-25(17-13-23)38(49)41-53-2/h5-7,12-20,30-31,35-36,43-45,47-48H,3-4,8-11,21-22H2,1-2H3,(H,40,50)(H,41,49)/t30-,31+,35+,36+/m0/s1. The highest BCUT2D eigenvalue weighted by Crippen LogP contribution is 2.36. The summed E-state index contributed by atoms with van der Waals surface area (Å²) >= 11 is 1.23. The largest absolute Gasteiger partial charge is 0.394 e. The number of thiophene rings is 1. The summed E-state index contributed by atoms with van der Waals surface area (Å²) in [5.74, 6) is -1.30. The van der Waals surface area contributed by atoms with Crippen molar-refractivity contribution in [2.45, 2.75) is 67.8 Å². The molecule has 0 aliphatic heterocycles. The molecule has 294 valence electrons. The second-order valence-corrected chi connectivity index (χ2v) is 16.5. The Kier molecular flexibility index (Phi) is 14.1. The van der Waals surface area contributed by atoms with E-state index in [0.717, 1.165) is 58.6 Å². The van der Waals surface area contributed by atoms with Crippen LogP contribution in [-0.4, -0.2) is 108 Å². The van der Waals surface area contributed by atoms with Crippen LogP contribution in [-0.2, 0) is 40.5 Å². The van der Waals surface area contributed by atoms with E-state index in [4.69, 9.17) is 5.11 Å². The van der Waals surface area contributed by atoms with Crippen LogP contribution in [0.3, 0.4) is 0 Å². The van der Waals surface area contributed by atoms with Crippen LogP contribution in [0.25, 0.3) is 0 Å². The Morgan fingerprint density at radius 3 is 2.09 bits per heavy atom. The Morgan fingerprint density at radius 1 is 0.836 bits per heavy atom. The molecule has 3 aromatic carbocycles. The fourth-order valence-electron chi connectivity index (χ4n) is 6.32. The van der Waals surface area contributed by atoms with Gasteiger partial charge < -0.3 is 30.8 Å². The lowest BCUT2D eigenvalue weighted by Crippen LogP contribution is -2.49. The number of benzene rings is 3. The van der Waals surface area contributed by atoms with Crippen LogP contribution in [0.1, 0.15) is 70.4 Å². The number of anilines is 1. The number of hydroxylamine groups is 1. The minimum absolute atomic E-state index is 0.0291. The maximum atomic E-state index is 14.1. The topological polar surface area (TPSA) is 223 Å². The number of hydrogen-bond donors (Lipinski definition) is 7. The molecule has 1 aliphatic carbocycles. The molecule has 4 atom stereocenters. The monoisotopic (exact) mass is 795 g/mol. The van der Waals surface area contributed by atoms with E-state index >= 15 is 0 Å². The van der Waals surface area contributed by atoms with Crippen molar-refractivity contribution >= 4 is 44.6 Å². The van der Waals surface area contributed by atoms with Gasteiger partial charge in [0.15, 0.2) is 0 Å². The minimum atomic E-state index is -4.34. The molecule has 1 aromatic heterocycles. The molecule has 0 radical (unpaired) electrons. The van der Waals surface area contributed by atoms with Crippen molar-refractivity contribution in [3.63, 3.8) is 0 Å². The van der Waals surface area contributed by atoms with Crippen molar-refractivity contribution in [1.29, 1.82) is 0 Å². The average Bonchev–Trinajstić information content (AvgIpc) is 3.59. The quantitative estimate of drug-likeness (QED) is 0.0607. The van der Waals surface area contributed by atoms with E-state index in [1.165, 1.54) is 42.7 Å². The van der Waals surface area contributed by atoms with E-state index in [0.29, 0.717) is 24.1 Å². The molecular weight excluding hydrogens is 751 g/mol. The fraction of sp³-hybridized carbons (Fsp3) is 0.359. The number of ketones is 1. The number of aryl methyl sites for hydroxylation is 3. The lowest BCUT2D eigenvalue weighted by molar-refractivity contribution is -0.116.